The molecule has 1 atom stereocenters. The van der Waals surface area contributed by atoms with E-state index in [0.29, 0.717) is 0 Å². The Labute approximate surface area is 200 Å². The van der Waals surface area contributed by atoms with E-state index in [1.807, 2.05) is 57.2 Å². The smallest absolute Gasteiger partial charge is 0.261 e. The molecule has 1 unspecified atom stereocenters. The zero-order chi connectivity index (χ0) is 24.0. The van der Waals surface area contributed by atoms with Crippen LogP contribution >= 0.6 is 11.3 Å². The van der Waals surface area contributed by atoms with E-state index in [-0.39, 0.29) is 36.3 Å². The van der Waals surface area contributed by atoms with Gasteiger partial charge in [0.25, 0.3) is 5.91 Å². The van der Waals surface area contributed by atoms with Crippen molar-refractivity contribution in [3.05, 3.63) is 51.7 Å². The molecule has 3 amide bonds. The van der Waals surface area contributed by atoms with Gasteiger partial charge in [-0.3, -0.25) is 19.3 Å². The first-order chi connectivity index (χ1) is 15.8. The van der Waals surface area contributed by atoms with E-state index in [1.165, 1.54) is 16.2 Å². The second-order valence-corrected chi connectivity index (χ2v) is 9.91. The summed E-state index contributed by atoms with van der Waals surface area (Å²) < 4.78 is 0. The molecule has 1 aromatic carbocycles. The summed E-state index contributed by atoms with van der Waals surface area (Å²) in [5.74, 6) is -0.305. The van der Waals surface area contributed by atoms with Crippen LogP contribution in [0.25, 0.3) is 0 Å². The molecule has 2 heterocycles. The van der Waals surface area contributed by atoms with Crippen molar-refractivity contribution in [3.8, 4) is 0 Å². The Balaban J connectivity index is 1.45. The third-order valence-corrected chi connectivity index (χ3v) is 7.16. The number of carbonyl (C=O) groups is 3. The van der Waals surface area contributed by atoms with Crippen molar-refractivity contribution < 1.29 is 14.4 Å². The van der Waals surface area contributed by atoms with Crippen LogP contribution in [-0.2, 0) is 16.0 Å². The molecule has 1 aliphatic heterocycles. The van der Waals surface area contributed by atoms with Crippen molar-refractivity contribution >= 4 is 34.7 Å². The Bertz CT molecular complexity index is 982. The molecule has 33 heavy (non-hydrogen) atoms. The molecule has 0 aliphatic carbocycles. The van der Waals surface area contributed by atoms with Gasteiger partial charge in [-0.15, -0.1) is 11.3 Å². The second kappa shape index (κ2) is 11.4. The van der Waals surface area contributed by atoms with E-state index in [1.54, 1.807) is 7.05 Å². The molecule has 0 spiro atoms. The number of rotatable bonds is 8. The Morgan fingerprint density at radius 3 is 2.48 bits per heavy atom. The van der Waals surface area contributed by atoms with Crippen LogP contribution in [0.1, 0.15) is 46.8 Å². The Kier molecular flexibility index (Phi) is 8.63. The third kappa shape index (κ3) is 6.65. The number of para-hydroxylation sites is 1. The summed E-state index contributed by atoms with van der Waals surface area (Å²) in [4.78, 5) is 43.3. The molecule has 3 rings (SSSR count). The summed E-state index contributed by atoms with van der Waals surface area (Å²) in [7, 11) is 1.67. The number of aryl methyl sites for hydroxylation is 2. The number of carbonyl (C=O) groups excluding carboxylic acids is 3. The van der Waals surface area contributed by atoms with Gasteiger partial charge in [0.1, 0.15) is 0 Å². The average molecular weight is 471 g/mol. The molecular formula is C25H34N4O3S. The Morgan fingerprint density at radius 1 is 1.15 bits per heavy atom. The van der Waals surface area contributed by atoms with Gasteiger partial charge in [0.05, 0.1) is 17.5 Å². The molecule has 7 nitrogen and oxygen atoms in total. The van der Waals surface area contributed by atoms with Crippen LogP contribution in [-0.4, -0.2) is 66.3 Å². The molecule has 1 saturated heterocycles. The minimum absolute atomic E-state index is 0.00791. The van der Waals surface area contributed by atoms with Crippen molar-refractivity contribution in [2.45, 2.75) is 52.1 Å². The molecule has 0 bridgehead atoms. The van der Waals surface area contributed by atoms with Crippen LogP contribution in [0.4, 0.5) is 5.69 Å². The molecule has 8 heteroatoms. The van der Waals surface area contributed by atoms with E-state index < -0.39 is 0 Å². The topological polar surface area (TPSA) is 81.8 Å². The number of nitrogens with zero attached hydrogens (tertiary/aromatic N) is 2. The summed E-state index contributed by atoms with van der Waals surface area (Å²) in [5, 5.41) is 6.03. The quantitative estimate of drug-likeness (QED) is 0.620. The maximum atomic E-state index is 12.9. The van der Waals surface area contributed by atoms with E-state index in [0.717, 1.165) is 53.4 Å². The predicted molar refractivity (Wildman–Crippen MR) is 133 cm³/mol. The highest BCUT2D eigenvalue weighted by atomic mass is 32.1. The lowest BCUT2D eigenvalue weighted by Crippen LogP contribution is -2.52. The molecule has 1 fully saturated rings. The molecular weight excluding hydrogens is 436 g/mol. The van der Waals surface area contributed by atoms with Crippen LogP contribution in [0, 0.1) is 6.92 Å². The van der Waals surface area contributed by atoms with Crippen molar-refractivity contribution in [2.24, 2.45) is 0 Å². The van der Waals surface area contributed by atoms with Crippen LogP contribution in [0.15, 0.2) is 36.4 Å². The predicted octanol–water partition coefficient (Wildman–Crippen LogP) is 3.30. The van der Waals surface area contributed by atoms with Crippen molar-refractivity contribution in [1.82, 2.24) is 15.1 Å². The zero-order valence-electron chi connectivity index (χ0n) is 19.9. The van der Waals surface area contributed by atoms with Crippen molar-refractivity contribution in [2.75, 3.05) is 32.0 Å². The number of thiophene rings is 1. The maximum Gasteiger partial charge on any atom is 0.261 e. The largest absolute Gasteiger partial charge is 0.349 e. The van der Waals surface area contributed by atoms with Gasteiger partial charge in [-0.25, -0.2) is 0 Å². The molecule has 1 aromatic heterocycles. The summed E-state index contributed by atoms with van der Waals surface area (Å²) in [6.07, 6.45) is 2.42. The van der Waals surface area contributed by atoms with Gasteiger partial charge < -0.3 is 15.5 Å². The number of hydrogen-bond acceptors (Lipinski definition) is 5. The molecule has 0 saturated carbocycles. The van der Waals surface area contributed by atoms with Gasteiger partial charge in [0.2, 0.25) is 11.8 Å². The van der Waals surface area contributed by atoms with Crippen molar-refractivity contribution in [1.29, 1.82) is 0 Å². The number of likely N-dealkylation sites (tertiary alicyclic amines) is 1. The highest BCUT2D eigenvalue weighted by Crippen LogP contribution is 2.19. The number of likely N-dealkylation sites (N-methyl/N-ethyl adjacent to an activating group) is 1. The van der Waals surface area contributed by atoms with E-state index in [2.05, 4.69) is 15.5 Å². The van der Waals surface area contributed by atoms with Crippen LogP contribution in [0.2, 0.25) is 0 Å². The Morgan fingerprint density at radius 2 is 1.85 bits per heavy atom. The molecule has 2 aromatic rings. The number of hydrogen-bond donors (Lipinski definition) is 2. The summed E-state index contributed by atoms with van der Waals surface area (Å²) in [6.45, 7) is 7.38. The molecule has 1 aliphatic rings. The van der Waals surface area contributed by atoms with E-state index in [4.69, 9.17) is 0 Å². The lowest BCUT2D eigenvalue weighted by atomic mass is 10.0. The highest BCUT2D eigenvalue weighted by molar-refractivity contribution is 7.13. The van der Waals surface area contributed by atoms with Crippen LogP contribution in [0.3, 0.4) is 0 Å². The van der Waals surface area contributed by atoms with E-state index in [9.17, 15) is 14.4 Å². The lowest BCUT2D eigenvalue weighted by molar-refractivity contribution is -0.138. The first-order valence-corrected chi connectivity index (χ1v) is 12.3. The molecule has 178 valence electrons. The van der Waals surface area contributed by atoms with Crippen LogP contribution in [0.5, 0.6) is 0 Å². The van der Waals surface area contributed by atoms with Gasteiger partial charge >= 0.3 is 0 Å². The first-order valence-electron chi connectivity index (χ1n) is 11.5. The zero-order valence-corrected chi connectivity index (χ0v) is 20.7. The number of piperidine rings is 1. The summed E-state index contributed by atoms with van der Waals surface area (Å²) >= 11 is 1.50. The Hall–Kier alpha value is -2.71. The lowest BCUT2D eigenvalue weighted by Gasteiger charge is -2.36. The fraction of sp³-hybridized carbons (Fsp3) is 0.480. The fourth-order valence-electron chi connectivity index (χ4n) is 4.15. The molecule has 0 radical (unpaired) electrons. The molecule has 2 N–H and O–H groups in total. The highest BCUT2D eigenvalue weighted by Gasteiger charge is 2.29. The van der Waals surface area contributed by atoms with E-state index >= 15 is 0 Å². The fourth-order valence-corrected chi connectivity index (χ4v) is 4.92. The van der Waals surface area contributed by atoms with Crippen LogP contribution < -0.4 is 10.6 Å². The maximum absolute atomic E-state index is 12.9. The average Bonchev–Trinajstić information content (AvgIpc) is 3.25. The third-order valence-electron chi connectivity index (χ3n) is 6.16. The first kappa shape index (κ1) is 24.9. The number of benzene rings is 1. The number of anilines is 1. The number of nitrogens with one attached hydrogen (secondary N) is 2. The minimum atomic E-state index is -0.317. The van der Waals surface area contributed by atoms with Gasteiger partial charge in [-0.1, -0.05) is 25.1 Å². The second-order valence-electron chi connectivity index (χ2n) is 8.62. The summed E-state index contributed by atoms with van der Waals surface area (Å²) in [5.41, 5.74) is 1.86. The van der Waals surface area contributed by atoms with Gasteiger partial charge in [0.15, 0.2) is 0 Å². The SMILES string of the molecule is CCc1ccccc1NC(=O)CN(C)C(=O)C(C)N1CCC(NC(=O)c2ccc(C)s2)CC1. The summed E-state index contributed by atoms with van der Waals surface area (Å²) in [6, 6.07) is 11.3. The van der Waals surface area contributed by atoms with Crippen molar-refractivity contribution in [3.63, 3.8) is 0 Å². The normalized spacial score (nSPS) is 15.6. The monoisotopic (exact) mass is 470 g/mol. The minimum Gasteiger partial charge on any atom is -0.349 e. The standard InChI is InChI=1S/C25H34N4O3S/c1-5-19-8-6-7-9-21(19)27-23(30)16-28(4)25(32)18(3)29-14-12-20(13-15-29)26-24(31)22-11-10-17(2)33-22/h6-11,18,20H,5,12-16H2,1-4H3,(H,26,31)(H,27,30). The number of amides is 3. The van der Waals surface area contributed by atoms with Gasteiger partial charge in [-0.2, -0.15) is 0 Å². The van der Waals surface area contributed by atoms with Gasteiger partial charge in [-0.05, 0) is 56.9 Å². The van der Waals surface area contributed by atoms with Gasteiger partial charge in [0, 0.05) is 36.7 Å².